The molecule has 1 heterocycles. The van der Waals surface area contributed by atoms with Crippen molar-refractivity contribution in [2.75, 3.05) is 12.0 Å². The summed E-state index contributed by atoms with van der Waals surface area (Å²) in [5.41, 5.74) is -2.98. The van der Waals surface area contributed by atoms with Crippen molar-refractivity contribution >= 4 is 11.6 Å². The maximum Gasteiger partial charge on any atom is 0.270 e. The summed E-state index contributed by atoms with van der Waals surface area (Å²) >= 11 is 0. The van der Waals surface area contributed by atoms with E-state index < -0.39 is 23.2 Å². The fraction of sp³-hybridized carbons (Fsp3) is 0.316. The molecule has 2 aromatic rings. The highest BCUT2D eigenvalue weighted by molar-refractivity contribution is 6.09. The van der Waals surface area contributed by atoms with Gasteiger partial charge in [0, 0.05) is 5.69 Å². The van der Waals surface area contributed by atoms with E-state index in [0.29, 0.717) is 17.0 Å². The molecule has 0 spiro atoms. The van der Waals surface area contributed by atoms with Gasteiger partial charge in [-0.15, -0.1) is 0 Å². The van der Waals surface area contributed by atoms with Crippen molar-refractivity contribution in [3.8, 4) is 5.75 Å². The molecular formula is C19H20FNO3. The van der Waals surface area contributed by atoms with Crippen LogP contribution in [0.25, 0.3) is 0 Å². The zero-order valence-corrected chi connectivity index (χ0v) is 13.9. The monoisotopic (exact) mass is 329 g/mol. The molecule has 0 saturated carbocycles. The van der Waals surface area contributed by atoms with Crippen LogP contribution in [0.15, 0.2) is 54.6 Å². The van der Waals surface area contributed by atoms with E-state index in [2.05, 4.69) is 0 Å². The first-order valence-electron chi connectivity index (χ1n) is 7.74. The maximum absolute atomic E-state index is 15.6. The van der Waals surface area contributed by atoms with Crippen LogP contribution in [-0.4, -0.2) is 29.4 Å². The third-order valence-electron chi connectivity index (χ3n) is 4.52. The molecule has 1 N–H and O–H groups in total. The molecule has 3 rings (SSSR count). The van der Waals surface area contributed by atoms with Gasteiger partial charge in [-0.1, -0.05) is 30.3 Å². The van der Waals surface area contributed by atoms with Crippen LogP contribution in [0.4, 0.5) is 10.1 Å². The fourth-order valence-corrected chi connectivity index (χ4v) is 3.14. The third-order valence-corrected chi connectivity index (χ3v) is 4.52. The number of ether oxygens (including phenoxy) is 1. The number of amides is 1. The number of carbonyl (C=O) groups excluding carboxylic acids is 1. The number of β-lactam (4-membered cyclic amide) rings is 1. The number of alkyl halides is 1. The zero-order chi connectivity index (χ0) is 17.5. The number of hydrogen-bond acceptors (Lipinski definition) is 3. The predicted molar refractivity (Wildman–Crippen MR) is 89.8 cm³/mol. The molecule has 4 nitrogen and oxygen atoms in total. The minimum Gasteiger partial charge on any atom is -0.497 e. The molecule has 1 aliphatic heterocycles. The first kappa shape index (κ1) is 16.5. The second kappa shape index (κ2) is 5.60. The Morgan fingerprint density at radius 3 is 2.21 bits per heavy atom. The molecule has 126 valence electrons. The van der Waals surface area contributed by atoms with E-state index in [4.69, 9.17) is 4.74 Å². The van der Waals surface area contributed by atoms with Crippen molar-refractivity contribution in [2.45, 2.75) is 31.2 Å². The average molecular weight is 329 g/mol. The number of aliphatic hydroxyl groups is 1. The van der Waals surface area contributed by atoms with Crippen LogP contribution >= 0.6 is 0 Å². The molecule has 1 aliphatic rings. The quantitative estimate of drug-likeness (QED) is 0.876. The highest BCUT2D eigenvalue weighted by Crippen LogP contribution is 2.53. The van der Waals surface area contributed by atoms with Gasteiger partial charge in [-0.2, -0.15) is 0 Å². The van der Waals surface area contributed by atoms with Gasteiger partial charge in [-0.3, -0.25) is 9.69 Å². The molecule has 2 atom stereocenters. The molecule has 0 radical (unpaired) electrons. The molecule has 2 aromatic carbocycles. The molecular weight excluding hydrogens is 309 g/mol. The summed E-state index contributed by atoms with van der Waals surface area (Å²) in [7, 11) is 1.55. The summed E-state index contributed by atoms with van der Waals surface area (Å²) < 4.78 is 20.7. The number of carbonyl (C=O) groups is 1. The first-order valence-corrected chi connectivity index (χ1v) is 7.74. The lowest BCUT2D eigenvalue weighted by atomic mass is 9.70. The van der Waals surface area contributed by atoms with Crippen LogP contribution < -0.4 is 9.64 Å². The normalized spacial score (nSPS) is 23.8. The van der Waals surface area contributed by atoms with Crippen molar-refractivity contribution in [1.82, 2.24) is 0 Å². The molecule has 1 saturated heterocycles. The van der Waals surface area contributed by atoms with Crippen molar-refractivity contribution in [1.29, 1.82) is 0 Å². The van der Waals surface area contributed by atoms with Crippen molar-refractivity contribution in [3.63, 3.8) is 0 Å². The van der Waals surface area contributed by atoms with E-state index in [1.165, 1.54) is 18.7 Å². The van der Waals surface area contributed by atoms with E-state index in [-0.39, 0.29) is 0 Å². The van der Waals surface area contributed by atoms with Crippen LogP contribution in [0.3, 0.4) is 0 Å². The van der Waals surface area contributed by atoms with Crippen LogP contribution in [-0.2, 0) is 4.79 Å². The molecule has 0 unspecified atom stereocenters. The molecule has 1 amide bonds. The Bertz CT molecular complexity index is 739. The van der Waals surface area contributed by atoms with Gasteiger partial charge in [-0.05, 0) is 43.7 Å². The van der Waals surface area contributed by atoms with Crippen molar-refractivity contribution in [3.05, 3.63) is 60.2 Å². The lowest BCUT2D eigenvalue weighted by Crippen LogP contribution is -2.74. The number of benzene rings is 2. The topological polar surface area (TPSA) is 49.8 Å². The van der Waals surface area contributed by atoms with E-state index in [9.17, 15) is 9.90 Å². The standard InChI is InChI=1S/C19H20FNO3/c1-18(2,23)19(20)16(13-7-5-4-6-8-13)21(17(19)22)14-9-11-15(24-3)12-10-14/h4-12,16,23H,1-3H3/t16-,19+/m0/s1. The van der Waals surface area contributed by atoms with Crippen LogP contribution in [0, 0.1) is 0 Å². The number of methoxy groups -OCH3 is 1. The van der Waals surface area contributed by atoms with Gasteiger partial charge in [0.1, 0.15) is 17.4 Å². The highest BCUT2D eigenvalue weighted by Gasteiger charge is 2.70. The van der Waals surface area contributed by atoms with Gasteiger partial charge >= 0.3 is 0 Å². The van der Waals surface area contributed by atoms with Gasteiger partial charge in [0.15, 0.2) is 0 Å². The van der Waals surface area contributed by atoms with Gasteiger partial charge in [0.05, 0.1) is 7.11 Å². The summed E-state index contributed by atoms with van der Waals surface area (Å²) in [4.78, 5) is 14.0. The molecule has 0 aromatic heterocycles. The van der Waals surface area contributed by atoms with Crippen LogP contribution in [0.5, 0.6) is 5.75 Å². The second-order valence-corrected chi connectivity index (χ2v) is 6.46. The summed E-state index contributed by atoms with van der Waals surface area (Å²) in [5.74, 6) is -0.0917. The average Bonchev–Trinajstić information content (AvgIpc) is 2.58. The predicted octanol–water partition coefficient (Wildman–Crippen LogP) is 3.26. The third kappa shape index (κ3) is 2.27. The van der Waals surface area contributed by atoms with Gasteiger partial charge in [0.25, 0.3) is 5.91 Å². The lowest BCUT2D eigenvalue weighted by molar-refractivity contribution is -0.169. The Kier molecular flexibility index (Phi) is 3.84. The minimum absolute atomic E-state index is 0.562. The van der Waals surface area contributed by atoms with E-state index in [1.807, 2.05) is 6.07 Å². The van der Waals surface area contributed by atoms with Crippen molar-refractivity contribution in [2.24, 2.45) is 0 Å². The number of rotatable bonds is 4. The maximum atomic E-state index is 15.6. The Labute approximate surface area is 140 Å². The summed E-state index contributed by atoms with van der Waals surface area (Å²) in [5, 5.41) is 10.3. The van der Waals surface area contributed by atoms with Gasteiger partial charge in [-0.25, -0.2) is 4.39 Å². The molecule has 0 bridgehead atoms. The Balaban J connectivity index is 2.07. The number of anilines is 1. The summed E-state index contributed by atoms with van der Waals surface area (Å²) in [6.45, 7) is 2.65. The number of halogens is 1. The second-order valence-electron chi connectivity index (χ2n) is 6.46. The van der Waals surface area contributed by atoms with E-state index in [1.54, 1.807) is 55.6 Å². The first-order chi connectivity index (χ1) is 11.3. The largest absolute Gasteiger partial charge is 0.497 e. The zero-order valence-electron chi connectivity index (χ0n) is 13.9. The smallest absolute Gasteiger partial charge is 0.270 e. The van der Waals surface area contributed by atoms with E-state index in [0.717, 1.165) is 0 Å². The number of nitrogens with zero attached hydrogens (tertiary/aromatic N) is 1. The van der Waals surface area contributed by atoms with Crippen molar-refractivity contribution < 1.29 is 19.0 Å². The van der Waals surface area contributed by atoms with E-state index >= 15 is 4.39 Å². The molecule has 24 heavy (non-hydrogen) atoms. The Morgan fingerprint density at radius 2 is 1.71 bits per heavy atom. The SMILES string of the molecule is COc1ccc(N2C(=O)[C@@](F)(C(C)(C)O)[C@@H]2c2ccccc2)cc1. The van der Waals surface area contributed by atoms with Crippen LogP contribution in [0.1, 0.15) is 25.5 Å². The molecule has 0 aliphatic carbocycles. The summed E-state index contributed by atoms with van der Waals surface area (Å²) in [6, 6.07) is 14.9. The molecule has 5 heteroatoms. The fourth-order valence-electron chi connectivity index (χ4n) is 3.14. The Hall–Kier alpha value is -2.40. The lowest BCUT2D eigenvalue weighted by Gasteiger charge is -2.55. The minimum atomic E-state index is -2.38. The highest BCUT2D eigenvalue weighted by atomic mass is 19.1. The van der Waals surface area contributed by atoms with Crippen LogP contribution in [0.2, 0.25) is 0 Å². The molecule has 1 fully saturated rings. The Morgan fingerprint density at radius 1 is 1.12 bits per heavy atom. The van der Waals surface area contributed by atoms with Gasteiger partial charge < -0.3 is 9.84 Å². The number of hydrogen-bond donors (Lipinski definition) is 1. The summed E-state index contributed by atoms with van der Waals surface area (Å²) in [6.07, 6.45) is 0. The van der Waals surface area contributed by atoms with Gasteiger partial charge in [0.2, 0.25) is 5.67 Å².